The van der Waals surface area contributed by atoms with Gasteiger partial charge in [0.15, 0.2) is 0 Å². The maximum atomic E-state index is 12.5. The molecule has 13 aromatic heterocycles. The topological polar surface area (TPSA) is 480 Å². The van der Waals surface area contributed by atoms with Crippen LogP contribution in [0.4, 0.5) is 17.5 Å². The van der Waals surface area contributed by atoms with E-state index in [9.17, 15) is 56.5 Å². The van der Waals surface area contributed by atoms with Gasteiger partial charge in [0.2, 0.25) is 26.8 Å². The van der Waals surface area contributed by atoms with Crippen LogP contribution >= 0.6 is 58.5 Å². The molecule has 0 spiro atoms. The van der Waals surface area contributed by atoms with Crippen LogP contribution in [0.2, 0.25) is 0 Å². The van der Waals surface area contributed by atoms with Crippen molar-refractivity contribution in [1.82, 2.24) is 86.8 Å². The van der Waals surface area contributed by atoms with Crippen molar-refractivity contribution in [1.29, 1.82) is 0 Å². The fourth-order valence-corrected chi connectivity index (χ4v) is 19.6. The summed E-state index contributed by atoms with van der Waals surface area (Å²) >= 11 is 9.85. The zero-order valence-electron chi connectivity index (χ0n) is 63.7. The van der Waals surface area contributed by atoms with Crippen molar-refractivity contribution in [3.63, 3.8) is 0 Å². The zero-order valence-corrected chi connectivity index (χ0v) is 73.3. The lowest BCUT2D eigenvalue weighted by Gasteiger charge is -2.32. The van der Waals surface area contributed by atoms with E-state index in [1.54, 1.807) is 110 Å². The lowest BCUT2D eigenvalue weighted by Crippen LogP contribution is -2.41. The molecule has 0 radical (unpaired) electrons. The highest BCUT2D eigenvalue weighted by molar-refractivity contribution is 9.11. The molecule has 1 saturated heterocycles. The Hall–Kier alpha value is -9.58. The van der Waals surface area contributed by atoms with Crippen LogP contribution in [-0.2, 0) is 72.8 Å². The standard InChI is InChI=1S/2C16H15N5O3S.C13H19BN2O3.2C9H8BrN3O2S.C6H4BrN3.C3H5ClO2S/c1-10(22)20-16-7-11(4-5-17-16)12-6-15-14(18-8-12)9-19-21(15)25(23,24)13-2-3-13;1-10(22)19-16-7-11(4-5-17-16)12-6-14-15(18-8-12)9-21(20-14)25(23,24)13-2-3-13;1-9(17)16-11-8-10(6-7-15-11)14-18-12(2,3)13(4,5)19-14;10-6-3-9-8(11-4-6)5-12-13(9)16(14,15)7-1-2-7;10-6-3-8-9(11-4-6)5-13(12-8)16(14,15)7-1-2-7;7-4-1-5-6(8-2-4)3-9-10-5;4-7(5,6)3-1-2-3/h4-9,13H,2-3H2,1H3,(H,17,20,22);4-9,13H,2-3H2,1H3,(H,17,19,22);6-8H,1-5H3,(H,15,16,17);2*3-5,7H,1-2H2;1-3H,(H,9,10);3H,1-2H2. The molecule has 3 amide bonds. The second kappa shape index (κ2) is 34.6. The number of aromatic nitrogens is 18. The number of rotatable bonds is 15. The molecule has 19 rings (SSSR count). The van der Waals surface area contributed by atoms with E-state index in [1.807, 2.05) is 39.8 Å². The van der Waals surface area contributed by atoms with Crippen molar-refractivity contribution in [2.75, 3.05) is 16.0 Å². The molecule has 46 heteroatoms. The first kappa shape index (κ1) is 86.3. The summed E-state index contributed by atoms with van der Waals surface area (Å²) in [7, 11) is -12.2. The number of hydrogen-bond donors (Lipinski definition) is 4. The van der Waals surface area contributed by atoms with E-state index < -0.39 is 56.3 Å². The fourth-order valence-electron chi connectivity index (χ4n) is 11.2. The highest BCUT2D eigenvalue weighted by atomic mass is 79.9. The zero-order chi connectivity index (χ0) is 84.6. The van der Waals surface area contributed by atoms with E-state index in [1.165, 1.54) is 45.6 Å². The van der Waals surface area contributed by atoms with Crippen molar-refractivity contribution in [3.05, 3.63) is 161 Å². The van der Waals surface area contributed by atoms with Crippen LogP contribution in [0.5, 0.6) is 0 Å². The molecule has 0 aromatic carbocycles. The second-order valence-corrected chi connectivity index (χ2v) is 42.8. The molecular formula is C72H74BBr3ClN21O15S5. The number of amides is 3. The van der Waals surface area contributed by atoms with Crippen LogP contribution in [-0.4, -0.2) is 191 Å². The Morgan fingerprint density at radius 1 is 0.432 bits per heavy atom. The summed E-state index contributed by atoms with van der Waals surface area (Å²) in [6, 6.07) is 19.5. The molecule has 0 unspecified atom stereocenters. The molecule has 1 aliphatic heterocycles. The molecule has 4 N–H and O–H groups in total. The first-order chi connectivity index (χ1) is 55.7. The van der Waals surface area contributed by atoms with Crippen LogP contribution in [0.15, 0.2) is 161 Å². The minimum atomic E-state index is -3.48. The monoisotopic (exact) mass is 1920 g/mol. The van der Waals surface area contributed by atoms with Gasteiger partial charge in [-0.1, -0.05) is 0 Å². The van der Waals surface area contributed by atoms with Crippen LogP contribution < -0.4 is 21.4 Å². The number of carbonyl (C=O) groups excluding carboxylic acids is 3. The lowest BCUT2D eigenvalue weighted by atomic mass is 9.80. The van der Waals surface area contributed by atoms with E-state index in [4.69, 9.17) is 20.0 Å². The van der Waals surface area contributed by atoms with Crippen LogP contribution in [0.1, 0.15) is 113 Å². The minimum Gasteiger partial charge on any atom is -0.399 e. The number of pyridine rings is 8. The Labute approximate surface area is 706 Å². The number of carbonyl (C=O) groups is 3. The quantitative estimate of drug-likeness (QED) is 0.0547. The molecule has 6 aliphatic rings. The van der Waals surface area contributed by atoms with E-state index >= 15 is 0 Å². The molecule has 14 heterocycles. The van der Waals surface area contributed by atoms with Crippen molar-refractivity contribution in [2.45, 2.75) is 150 Å². The Morgan fingerprint density at radius 2 is 0.814 bits per heavy atom. The average molecular weight is 1920 g/mol. The third-order valence-electron chi connectivity index (χ3n) is 18.8. The number of nitrogens with zero attached hydrogens (tertiary/aromatic N) is 17. The summed E-state index contributed by atoms with van der Waals surface area (Å²) in [5.41, 5.74) is 9.25. The van der Waals surface area contributed by atoms with Crippen molar-refractivity contribution in [2.24, 2.45) is 0 Å². The number of hydrogen-bond acceptors (Lipinski definition) is 28. The van der Waals surface area contributed by atoms with Gasteiger partial charge in [-0.25, -0.2) is 57.0 Å². The fraction of sp³-hybridized carbons (Fsp3) is 0.333. The molecule has 13 aromatic rings. The summed E-state index contributed by atoms with van der Waals surface area (Å²) in [5, 5.41) is 29.3. The van der Waals surface area contributed by atoms with Gasteiger partial charge < -0.3 is 25.3 Å². The third kappa shape index (κ3) is 21.0. The summed E-state index contributed by atoms with van der Waals surface area (Å²) in [4.78, 5) is 66.5. The minimum absolute atomic E-state index is 0.154. The maximum absolute atomic E-state index is 12.5. The number of nitrogens with one attached hydrogen (secondary N) is 4. The first-order valence-electron chi connectivity index (χ1n) is 36.3. The number of fused-ring (bicyclic) bond motifs is 5. The maximum Gasteiger partial charge on any atom is 0.495 e. The Morgan fingerprint density at radius 3 is 1.26 bits per heavy atom. The van der Waals surface area contributed by atoms with Gasteiger partial charge in [-0.3, -0.25) is 44.4 Å². The SMILES string of the molecule is Brc1cnc2cn[nH]c2c1.CC(=O)Nc1cc(-c2cnc3cn(S(=O)(=O)C4CC4)nc3c2)ccn1.CC(=O)Nc1cc(-c2cnc3cnn(S(=O)(=O)C4CC4)c3c2)ccn1.CC(=O)Nc1cc(B2OC(C)(C)C(C)(C)O2)ccn1.O=S(=O)(C1CC1)n1cc2ncc(Br)cc2n1.O=S(=O)(C1CC1)n1ncc2ncc(Br)cc21.O=S(=O)(Cl)C1CC1. The van der Waals surface area contributed by atoms with Gasteiger partial charge >= 0.3 is 7.12 Å². The summed E-state index contributed by atoms with van der Waals surface area (Å²) in [6.07, 6.45) is 27.7. The van der Waals surface area contributed by atoms with Gasteiger partial charge in [0.1, 0.15) is 67.1 Å². The molecular weight excluding hydrogens is 1850 g/mol. The lowest BCUT2D eigenvalue weighted by molar-refractivity contribution is -0.115. The van der Waals surface area contributed by atoms with Gasteiger partial charge in [0, 0.05) is 106 Å². The van der Waals surface area contributed by atoms with E-state index in [2.05, 4.69) is 134 Å². The number of halogens is 4. The van der Waals surface area contributed by atoms with Gasteiger partial charge in [0.25, 0.3) is 40.1 Å². The molecule has 5 saturated carbocycles. The predicted molar refractivity (Wildman–Crippen MR) is 454 cm³/mol. The normalized spacial score (nSPS) is 16.2. The van der Waals surface area contributed by atoms with E-state index in [0.717, 1.165) is 101 Å². The molecule has 0 bridgehead atoms. The third-order valence-corrected chi connectivity index (χ3v) is 30.3. The molecule has 6 fully saturated rings. The van der Waals surface area contributed by atoms with E-state index in [0.29, 0.717) is 92.8 Å². The molecule has 0 atom stereocenters. The van der Waals surface area contributed by atoms with Crippen LogP contribution in [0.3, 0.4) is 0 Å². The van der Waals surface area contributed by atoms with Gasteiger partial charge in [-0.2, -0.15) is 41.8 Å². The highest BCUT2D eigenvalue weighted by Gasteiger charge is 2.52. The molecule has 36 nitrogen and oxygen atoms in total. The largest absolute Gasteiger partial charge is 0.495 e. The number of H-pyrrole nitrogens is 1. The Bertz CT molecular complexity index is 6610. The molecule has 5 aliphatic carbocycles. The summed E-state index contributed by atoms with van der Waals surface area (Å²) in [5.74, 6) is 0.781. The van der Waals surface area contributed by atoms with Crippen molar-refractivity contribution >= 4 is 211 Å². The number of anilines is 3. The number of aromatic amines is 1. The van der Waals surface area contributed by atoms with Gasteiger partial charge in [0.05, 0.1) is 74.0 Å². The Kier molecular flexibility index (Phi) is 25.3. The van der Waals surface area contributed by atoms with E-state index in [-0.39, 0.29) is 55.2 Å². The smallest absolute Gasteiger partial charge is 0.399 e. The van der Waals surface area contributed by atoms with Crippen molar-refractivity contribution < 1.29 is 65.8 Å². The second-order valence-electron chi connectivity index (χ2n) is 28.9. The predicted octanol–water partition coefficient (Wildman–Crippen LogP) is 10.4. The Balaban J connectivity index is 0.000000123. The first-order valence-corrected chi connectivity index (χ1v) is 47.1. The van der Waals surface area contributed by atoms with Crippen LogP contribution in [0, 0.1) is 0 Å². The van der Waals surface area contributed by atoms with Crippen molar-refractivity contribution in [3.8, 4) is 22.3 Å². The highest BCUT2D eigenvalue weighted by Crippen LogP contribution is 2.39. The van der Waals surface area contributed by atoms with Crippen LogP contribution in [0.25, 0.3) is 77.4 Å². The summed E-state index contributed by atoms with van der Waals surface area (Å²) < 4.78 is 136. The summed E-state index contributed by atoms with van der Waals surface area (Å²) in [6.45, 7) is 12.3. The molecule has 118 heavy (non-hydrogen) atoms. The van der Waals surface area contributed by atoms with Gasteiger partial charge in [-0.15, -0.1) is 0 Å². The average Bonchev–Trinajstić information content (AvgIpc) is 1.12. The van der Waals surface area contributed by atoms with Gasteiger partial charge in [-0.05, 0) is 223 Å². The molecule has 618 valence electrons.